The van der Waals surface area contributed by atoms with Crippen molar-refractivity contribution in [3.63, 3.8) is 0 Å². The summed E-state index contributed by atoms with van der Waals surface area (Å²) < 4.78 is 0. The van der Waals surface area contributed by atoms with E-state index >= 15 is 0 Å². The van der Waals surface area contributed by atoms with Crippen LogP contribution in [0, 0.1) is 6.92 Å². The third kappa shape index (κ3) is 4.21. The molecule has 0 radical (unpaired) electrons. The summed E-state index contributed by atoms with van der Waals surface area (Å²) in [5.74, 6) is 1.94. The maximum atomic E-state index is 4.50. The summed E-state index contributed by atoms with van der Waals surface area (Å²) in [5, 5.41) is 4.45. The summed E-state index contributed by atoms with van der Waals surface area (Å²) in [5.41, 5.74) is 3.96. The highest BCUT2D eigenvalue weighted by molar-refractivity contribution is 7.98. The molecular weight excluding hydrogens is 278 g/mol. The highest BCUT2D eigenvalue weighted by Crippen LogP contribution is 2.29. The predicted octanol–water partition coefficient (Wildman–Crippen LogP) is 4.46. The van der Waals surface area contributed by atoms with Crippen LogP contribution in [0.25, 0.3) is 0 Å². The lowest BCUT2D eigenvalue weighted by Crippen LogP contribution is -2.06. The van der Waals surface area contributed by atoms with Gasteiger partial charge in [-0.2, -0.15) is 0 Å². The Hall–Kier alpha value is -1.55. The summed E-state index contributed by atoms with van der Waals surface area (Å²) in [6.45, 7) is 7.33. The minimum atomic E-state index is 0.885. The van der Waals surface area contributed by atoms with E-state index in [1.807, 2.05) is 0 Å². The number of aryl methyl sites for hydroxylation is 1. The van der Waals surface area contributed by atoms with E-state index in [2.05, 4.69) is 60.3 Å². The highest BCUT2D eigenvalue weighted by atomic mass is 32.2. The second-order valence-corrected chi connectivity index (χ2v) is 5.97. The van der Waals surface area contributed by atoms with E-state index in [1.54, 1.807) is 18.1 Å². The van der Waals surface area contributed by atoms with Crippen LogP contribution in [0.2, 0.25) is 0 Å². The van der Waals surface area contributed by atoms with Crippen LogP contribution < -0.4 is 5.32 Å². The number of anilines is 1. The van der Waals surface area contributed by atoms with Gasteiger partial charge in [0.1, 0.15) is 17.2 Å². The van der Waals surface area contributed by atoms with Crippen molar-refractivity contribution in [2.24, 2.45) is 0 Å². The fraction of sp³-hybridized carbons (Fsp3) is 0.412. The Balaban J connectivity index is 2.19. The normalized spacial score (nSPS) is 10.6. The Kier molecular flexibility index (Phi) is 6.05. The maximum Gasteiger partial charge on any atom is 0.133 e. The molecule has 2 aromatic rings. The molecule has 2 rings (SSSR count). The van der Waals surface area contributed by atoms with Gasteiger partial charge in [0.15, 0.2) is 0 Å². The fourth-order valence-corrected chi connectivity index (χ4v) is 3.34. The average Bonchev–Trinajstić information content (AvgIpc) is 2.49. The third-order valence-electron chi connectivity index (χ3n) is 3.38. The number of aromatic nitrogens is 2. The molecule has 0 aliphatic heterocycles. The van der Waals surface area contributed by atoms with Crippen molar-refractivity contribution < 1.29 is 0 Å². The highest BCUT2D eigenvalue weighted by Gasteiger charge is 2.11. The van der Waals surface area contributed by atoms with Gasteiger partial charge in [0.2, 0.25) is 0 Å². The molecule has 0 saturated heterocycles. The van der Waals surface area contributed by atoms with Gasteiger partial charge in [0.25, 0.3) is 0 Å². The molecule has 1 aromatic carbocycles. The Morgan fingerprint density at radius 1 is 1.14 bits per heavy atom. The zero-order chi connectivity index (χ0) is 15.1. The van der Waals surface area contributed by atoms with Crippen LogP contribution in [0.1, 0.15) is 37.0 Å². The minimum absolute atomic E-state index is 0.885. The lowest BCUT2D eigenvalue weighted by molar-refractivity contribution is 0.855. The molecule has 0 aliphatic rings. The Labute approximate surface area is 131 Å². The van der Waals surface area contributed by atoms with Crippen molar-refractivity contribution >= 4 is 17.6 Å². The summed E-state index contributed by atoms with van der Waals surface area (Å²) in [7, 11) is 0. The topological polar surface area (TPSA) is 37.8 Å². The van der Waals surface area contributed by atoms with E-state index in [9.17, 15) is 0 Å². The lowest BCUT2D eigenvalue weighted by Gasteiger charge is -2.13. The number of nitrogens with zero attached hydrogens (tertiary/aromatic N) is 2. The number of thioether (sulfide) groups is 1. The molecule has 3 nitrogen and oxygen atoms in total. The van der Waals surface area contributed by atoms with Crippen molar-refractivity contribution in [1.82, 2.24) is 9.97 Å². The van der Waals surface area contributed by atoms with E-state index in [0.717, 1.165) is 36.0 Å². The van der Waals surface area contributed by atoms with Crippen LogP contribution in [-0.2, 0) is 12.2 Å². The first kappa shape index (κ1) is 15.8. The first-order valence-corrected chi connectivity index (χ1v) is 8.49. The van der Waals surface area contributed by atoms with E-state index < -0.39 is 0 Å². The monoisotopic (exact) mass is 301 g/mol. The van der Waals surface area contributed by atoms with Gasteiger partial charge in [-0.05, 0) is 31.4 Å². The smallest absolute Gasteiger partial charge is 0.133 e. The van der Waals surface area contributed by atoms with Crippen molar-refractivity contribution in [3.05, 3.63) is 47.3 Å². The van der Waals surface area contributed by atoms with E-state index in [0.29, 0.717) is 0 Å². The van der Waals surface area contributed by atoms with Crippen LogP contribution in [0.4, 0.5) is 5.82 Å². The molecule has 1 N–H and O–H groups in total. The lowest BCUT2D eigenvalue weighted by atomic mass is 10.1. The fourth-order valence-electron chi connectivity index (χ4n) is 2.23. The molecule has 0 unspecified atom stereocenters. The van der Waals surface area contributed by atoms with E-state index in [1.165, 1.54) is 16.7 Å². The number of hydrogen-bond acceptors (Lipinski definition) is 4. The standard InChI is InChI=1S/C17H23N3S/c1-4-8-15-16(18-5-2)19-12-20-17(15)21-11-14-10-7-6-9-13(14)3/h6-7,9-10,12H,4-5,8,11H2,1-3H3,(H,18,19,20). The van der Waals surface area contributed by atoms with Gasteiger partial charge in [-0.1, -0.05) is 37.6 Å². The van der Waals surface area contributed by atoms with Crippen molar-refractivity contribution in [2.45, 2.75) is 44.4 Å². The summed E-state index contributed by atoms with van der Waals surface area (Å²) in [6, 6.07) is 8.53. The largest absolute Gasteiger partial charge is 0.370 e. The minimum Gasteiger partial charge on any atom is -0.370 e. The molecule has 0 amide bonds. The van der Waals surface area contributed by atoms with Gasteiger partial charge in [-0.3, -0.25) is 0 Å². The third-order valence-corrected chi connectivity index (χ3v) is 4.46. The maximum absolute atomic E-state index is 4.50. The Bertz CT molecular complexity index is 584. The Morgan fingerprint density at radius 2 is 1.95 bits per heavy atom. The first-order valence-electron chi connectivity index (χ1n) is 7.51. The van der Waals surface area contributed by atoms with Crippen LogP contribution in [0.3, 0.4) is 0 Å². The molecule has 1 heterocycles. The molecule has 0 spiro atoms. The van der Waals surface area contributed by atoms with Crippen LogP contribution in [0.5, 0.6) is 0 Å². The van der Waals surface area contributed by atoms with Gasteiger partial charge in [-0.15, -0.1) is 11.8 Å². The second-order valence-electron chi connectivity index (χ2n) is 5.00. The van der Waals surface area contributed by atoms with Crippen molar-refractivity contribution in [3.8, 4) is 0 Å². The van der Waals surface area contributed by atoms with Crippen molar-refractivity contribution in [1.29, 1.82) is 0 Å². The first-order chi connectivity index (χ1) is 10.3. The zero-order valence-electron chi connectivity index (χ0n) is 13.0. The predicted molar refractivity (Wildman–Crippen MR) is 90.9 cm³/mol. The van der Waals surface area contributed by atoms with Gasteiger partial charge in [-0.25, -0.2) is 9.97 Å². The molecule has 4 heteroatoms. The second kappa shape index (κ2) is 8.03. The van der Waals surface area contributed by atoms with Crippen LogP contribution >= 0.6 is 11.8 Å². The van der Waals surface area contributed by atoms with Gasteiger partial charge >= 0.3 is 0 Å². The van der Waals surface area contributed by atoms with Crippen molar-refractivity contribution in [2.75, 3.05) is 11.9 Å². The van der Waals surface area contributed by atoms with E-state index in [4.69, 9.17) is 0 Å². The van der Waals surface area contributed by atoms with Gasteiger partial charge in [0.05, 0.1) is 0 Å². The zero-order valence-corrected chi connectivity index (χ0v) is 13.8. The molecular formula is C17H23N3S. The number of hydrogen-bond donors (Lipinski definition) is 1. The molecule has 0 fully saturated rings. The Morgan fingerprint density at radius 3 is 2.67 bits per heavy atom. The SMILES string of the molecule is CCCc1c(NCC)ncnc1SCc1ccccc1C. The molecule has 0 saturated carbocycles. The molecule has 1 aromatic heterocycles. The average molecular weight is 301 g/mol. The quantitative estimate of drug-likeness (QED) is 0.605. The molecule has 0 bridgehead atoms. The number of nitrogens with one attached hydrogen (secondary N) is 1. The van der Waals surface area contributed by atoms with Crippen LogP contribution in [0.15, 0.2) is 35.6 Å². The molecule has 112 valence electrons. The molecule has 21 heavy (non-hydrogen) atoms. The number of rotatable bonds is 7. The summed E-state index contributed by atoms with van der Waals surface area (Å²) >= 11 is 1.80. The van der Waals surface area contributed by atoms with E-state index in [-0.39, 0.29) is 0 Å². The summed E-state index contributed by atoms with van der Waals surface area (Å²) in [6.07, 6.45) is 3.78. The molecule has 0 atom stereocenters. The van der Waals surface area contributed by atoms with Gasteiger partial charge in [0, 0.05) is 17.9 Å². The summed E-state index contributed by atoms with van der Waals surface area (Å²) in [4.78, 5) is 8.88. The number of benzene rings is 1. The molecule has 0 aliphatic carbocycles. The van der Waals surface area contributed by atoms with Gasteiger partial charge < -0.3 is 5.32 Å². The van der Waals surface area contributed by atoms with Crippen LogP contribution in [-0.4, -0.2) is 16.5 Å².